The first-order valence-corrected chi connectivity index (χ1v) is 9.81. The molecule has 3 aromatic heterocycles. The summed E-state index contributed by atoms with van der Waals surface area (Å²) in [6.45, 7) is 5.52. The number of fused-ring (bicyclic) bond motifs is 4. The van der Waals surface area contributed by atoms with E-state index in [-0.39, 0.29) is 5.56 Å². The van der Waals surface area contributed by atoms with Crippen molar-refractivity contribution in [1.29, 1.82) is 0 Å². The number of piperidine rings is 1. The van der Waals surface area contributed by atoms with E-state index in [1.807, 2.05) is 42.2 Å². The van der Waals surface area contributed by atoms with E-state index >= 15 is 0 Å². The van der Waals surface area contributed by atoms with Crippen LogP contribution in [0.4, 0.5) is 0 Å². The van der Waals surface area contributed by atoms with Gasteiger partial charge in [0.25, 0.3) is 5.56 Å². The summed E-state index contributed by atoms with van der Waals surface area (Å²) in [7, 11) is 0. The van der Waals surface area contributed by atoms with Crippen molar-refractivity contribution < 1.29 is 0 Å². The average Bonchev–Trinajstić information content (AvgIpc) is 2.71. The van der Waals surface area contributed by atoms with E-state index < -0.39 is 0 Å². The van der Waals surface area contributed by atoms with Crippen LogP contribution in [0.3, 0.4) is 0 Å². The Bertz CT molecular complexity index is 1040. The van der Waals surface area contributed by atoms with Gasteiger partial charge in [-0.2, -0.15) is 0 Å². The van der Waals surface area contributed by atoms with E-state index in [1.54, 1.807) is 12.3 Å². The molecule has 1 saturated heterocycles. The van der Waals surface area contributed by atoms with Gasteiger partial charge in [-0.25, -0.2) is 0 Å². The molecular weight excluding hydrogens is 350 g/mol. The second-order valence-corrected chi connectivity index (χ2v) is 8.00. The first-order valence-electron chi connectivity index (χ1n) is 9.81. The third-order valence-corrected chi connectivity index (χ3v) is 5.85. The molecule has 2 aliphatic heterocycles. The molecular formula is C22H23N5O. The van der Waals surface area contributed by atoms with E-state index in [0.717, 1.165) is 60.8 Å². The van der Waals surface area contributed by atoms with E-state index in [4.69, 9.17) is 0 Å². The standard InChI is InChI=1S/C22H23N5O/c1-15-8-25-20(10-24-15)14-26-11-16-5-19(13-26)21-6-18(7-22(28)27(21)12-16)17-3-2-4-23-9-17/h2-4,6-10,16,19H,5,11-14H2,1H3/t16-,19+/m0/s1. The third kappa shape index (κ3) is 3.24. The topological polar surface area (TPSA) is 63.9 Å². The molecule has 2 aliphatic rings. The molecule has 0 saturated carbocycles. The monoisotopic (exact) mass is 373 g/mol. The Hall–Kier alpha value is -2.86. The van der Waals surface area contributed by atoms with Gasteiger partial charge in [0.2, 0.25) is 0 Å². The van der Waals surface area contributed by atoms with Crippen molar-refractivity contribution in [3.8, 4) is 11.1 Å². The fourth-order valence-corrected chi connectivity index (χ4v) is 4.62. The summed E-state index contributed by atoms with van der Waals surface area (Å²) in [5, 5.41) is 0. The number of hydrogen-bond acceptors (Lipinski definition) is 5. The molecule has 6 nitrogen and oxygen atoms in total. The van der Waals surface area contributed by atoms with Crippen molar-refractivity contribution in [2.24, 2.45) is 5.92 Å². The van der Waals surface area contributed by atoms with Gasteiger partial charge in [0, 0.05) is 74.2 Å². The molecule has 0 aromatic carbocycles. The van der Waals surface area contributed by atoms with E-state index in [9.17, 15) is 4.79 Å². The minimum Gasteiger partial charge on any atom is -0.312 e. The second kappa shape index (κ2) is 6.95. The number of hydrogen-bond donors (Lipinski definition) is 0. The van der Waals surface area contributed by atoms with Crippen LogP contribution in [-0.2, 0) is 13.1 Å². The van der Waals surface area contributed by atoms with Gasteiger partial charge in [-0.3, -0.25) is 24.6 Å². The molecule has 5 rings (SSSR count). The molecule has 2 bridgehead atoms. The predicted molar refractivity (Wildman–Crippen MR) is 107 cm³/mol. The van der Waals surface area contributed by atoms with Gasteiger partial charge in [-0.05, 0) is 37.0 Å². The molecule has 5 heterocycles. The Morgan fingerprint density at radius 3 is 2.79 bits per heavy atom. The van der Waals surface area contributed by atoms with Crippen LogP contribution in [0, 0.1) is 12.8 Å². The number of nitrogens with zero attached hydrogens (tertiary/aromatic N) is 5. The summed E-state index contributed by atoms with van der Waals surface area (Å²) < 4.78 is 1.99. The van der Waals surface area contributed by atoms with E-state index in [2.05, 4.69) is 25.9 Å². The highest BCUT2D eigenvalue weighted by Crippen LogP contribution is 2.36. The van der Waals surface area contributed by atoms with Crippen LogP contribution in [0.15, 0.2) is 53.8 Å². The highest BCUT2D eigenvalue weighted by atomic mass is 16.1. The van der Waals surface area contributed by atoms with Crippen LogP contribution in [-0.4, -0.2) is 37.5 Å². The molecule has 0 amide bonds. The molecule has 142 valence electrons. The Kier molecular flexibility index (Phi) is 4.28. The fraction of sp³-hybridized carbons (Fsp3) is 0.364. The van der Waals surface area contributed by atoms with Crippen molar-refractivity contribution in [2.45, 2.75) is 32.4 Å². The van der Waals surface area contributed by atoms with E-state index in [0.29, 0.717) is 11.8 Å². The van der Waals surface area contributed by atoms with Crippen LogP contribution in [0.5, 0.6) is 0 Å². The number of aromatic nitrogens is 4. The molecule has 6 heteroatoms. The summed E-state index contributed by atoms with van der Waals surface area (Å²) in [4.78, 5) is 28.3. The van der Waals surface area contributed by atoms with Crippen molar-refractivity contribution in [1.82, 2.24) is 24.4 Å². The maximum atomic E-state index is 12.8. The van der Waals surface area contributed by atoms with Crippen LogP contribution in [0.2, 0.25) is 0 Å². The summed E-state index contributed by atoms with van der Waals surface area (Å²) >= 11 is 0. The van der Waals surface area contributed by atoms with Crippen LogP contribution in [0.25, 0.3) is 11.1 Å². The number of aryl methyl sites for hydroxylation is 1. The molecule has 0 N–H and O–H groups in total. The summed E-state index contributed by atoms with van der Waals surface area (Å²) in [6.07, 6.45) is 8.42. The Morgan fingerprint density at radius 2 is 2.00 bits per heavy atom. The first-order chi connectivity index (χ1) is 13.7. The zero-order valence-corrected chi connectivity index (χ0v) is 16.0. The van der Waals surface area contributed by atoms with Gasteiger partial charge in [0.15, 0.2) is 0 Å². The average molecular weight is 373 g/mol. The van der Waals surface area contributed by atoms with Gasteiger partial charge in [-0.1, -0.05) is 6.07 Å². The SMILES string of the molecule is Cc1cnc(CN2C[C@@H]3C[C@H](C2)c2cc(-c4cccnc4)cc(=O)n2C3)cn1. The Labute approximate surface area is 163 Å². The Morgan fingerprint density at radius 1 is 1.07 bits per heavy atom. The quantitative estimate of drug-likeness (QED) is 0.706. The molecule has 0 unspecified atom stereocenters. The maximum Gasteiger partial charge on any atom is 0.251 e. The minimum absolute atomic E-state index is 0.101. The number of likely N-dealkylation sites (tertiary alicyclic amines) is 1. The van der Waals surface area contributed by atoms with Gasteiger partial charge in [0.1, 0.15) is 0 Å². The summed E-state index contributed by atoms with van der Waals surface area (Å²) in [5.41, 5.74) is 5.16. The van der Waals surface area contributed by atoms with Crippen LogP contribution >= 0.6 is 0 Å². The first kappa shape index (κ1) is 17.3. The smallest absolute Gasteiger partial charge is 0.251 e. The van der Waals surface area contributed by atoms with Gasteiger partial charge in [-0.15, -0.1) is 0 Å². The van der Waals surface area contributed by atoms with Gasteiger partial charge >= 0.3 is 0 Å². The third-order valence-electron chi connectivity index (χ3n) is 5.85. The largest absolute Gasteiger partial charge is 0.312 e. The maximum absolute atomic E-state index is 12.8. The van der Waals surface area contributed by atoms with Gasteiger partial charge < -0.3 is 4.57 Å². The van der Waals surface area contributed by atoms with Crippen molar-refractivity contribution in [2.75, 3.05) is 13.1 Å². The molecule has 0 radical (unpaired) electrons. The lowest BCUT2D eigenvalue weighted by Crippen LogP contribution is -2.46. The zero-order chi connectivity index (χ0) is 19.1. The van der Waals surface area contributed by atoms with Crippen molar-refractivity contribution in [3.05, 3.63) is 76.5 Å². The second-order valence-electron chi connectivity index (χ2n) is 8.00. The number of pyridine rings is 2. The van der Waals surface area contributed by atoms with Crippen LogP contribution < -0.4 is 5.56 Å². The van der Waals surface area contributed by atoms with E-state index in [1.165, 1.54) is 0 Å². The summed E-state index contributed by atoms with van der Waals surface area (Å²) in [6, 6.07) is 7.86. The number of rotatable bonds is 3. The molecule has 3 aromatic rings. The van der Waals surface area contributed by atoms with Crippen LogP contribution in [0.1, 0.15) is 29.4 Å². The minimum atomic E-state index is 0.101. The molecule has 0 aliphatic carbocycles. The fourth-order valence-electron chi connectivity index (χ4n) is 4.62. The lowest BCUT2D eigenvalue weighted by atomic mass is 9.82. The van der Waals surface area contributed by atoms with Crippen molar-refractivity contribution in [3.63, 3.8) is 0 Å². The lowest BCUT2D eigenvalue weighted by molar-refractivity contribution is 0.113. The predicted octanol–water partition coefficient (Wildman–Crippen LogP) is 2.63. The molecule has 0 spiro atoms. The highest BCUT2D eigenvalue weighted by molar-refractivity contribution is 5.62. The zero-order valence-electron chi connectivity index (χ0n) is 16.0. The van der Waals surface area contributed by atoms with Gasteiger partial charge in [0.05, 0.1) is 11.4 Å². The van der Waals surface area contributed by atoms with Crippen molar-refractivity contribution >= 4 is 0 Å². The lowest BCUT2D eigenvalue weighted by Gasteiger charge is -2.42. The molecule has 28 heavy (non-hydrogen) atoms. The molecule has 1 fully saturated rings. The highest BCUT2D eigenvalue weighted by Gasteiger charge is 2.35. The Balaban J connectivity index is 1.44. The molecule has 2 atom stereocenters. The summed E-state index contributed by atoms with van der Waals surface area (Å²) in [5.74, 6) is 0.877. The normalized spacial score (nSPS) is 21.3.